The molecule has 0 aliphatic carbocycles. The van der Waals surface area contributed by atoms with Gasteiger partial charge in [0, 0.05) is 17.5 Å². The van der Waals surface area contributed by atoms with Crippen LogP contribution in [0.3, 0.4) is 0 Å². The fourth-order valence-electron chi connectivity index (χ4n) is 4.31. The number of aromatic nitrogens is 1. The van der Waals surface area contributed by atoms with Gasteiger partial charge in [0.1, 0.15) is 48.6 Å². The molecule has 0 aromatic carbocycles. The molecule has 14 N–H and O–H groups in total. The Morgan fingerprint density at radius 2 is 1.46 bits per heavy atom. The van der Waals surface area contributed by atoms with E-state index in [0.29, 0.717) is 5.56 Å². The number of aliphatic hydroxyl groups excluding tert-OH is 4. The molecule has 9 atom stereocenters. The van der Waals surface area contributed by atoms with Crippen molar-refractivity contribution in [2.75, 3.05) is 6.61 Å². The summed E-state index contributed by atoms with van der Waals surface area (Å²) >= 11 is 0. The van der Waals surface area contributed by atoms with Gasteiger partial charge in [-0.2, -0.15) is 4.57 Å². The maximum absolute atomic E-state index is 11.3. The number of carboxylic acids is 3. The Morgan fingerprint density at radius 1 is 0.878 bits per heavy atom. The number of ether oxygens (including phenoxy) is 2. The predicted octanol–water partition coefficient (Wildman–Crippen LogP) is -4.64. The largest absolute Gasteiger partial charge is 0.503 e. The molecule has 1 fully saturated rings. The van der Waals surface area contributed by atoms with Gasteiger partial charge in [-0.25, -0.2) is 0 Å². The van der Waals surface area contributed by atoms with E-state index in [1.54, 1.807) is 0 Å². The van der Waals surface area contributed by atoms with Crippen LogP contribution in [0, 0.1) is 0 Å². The van der Waals surface area contributed by atoms with Crippen LogP contribution in [0.5, 0.6) is 5.75 Å². The number of hydrogen-bond acceptors (Lipinski definition) is 13. The Kier molecular flexibility index (Phi) is 12.8. The van der Waals surface area contributed by atoms with Gasteiger partial charge in [0.25, 0.3) is 0 Å². The van der Waals surface area contributed by atoms with Crippen molar-refractivity contribution in [3.8, 4) is 5.75 Å². The molecule has 0 radical (unpaired) electrons. The molecular formula is C24H39N4O13+. The summed E-state index contributed by atoms with van der Waals surface area (Å²) in [5.41, 5.74) is 17.4. The van der Waals surface area contributed by atoms with Crippen LogP contribution in [-0.2, 0) is 43.2 Å². The van der Waals surface area contributed by atoms with Crippen LogP contribution in [0.1, 0.15) is 30.4 Å². The molecule has 1 aromatic heterocycles. The van der Waals surface area contributed by atoms with Crippen LogP contribution in [0.4, 0.5) is 0 Å². The maximum Gasteiger partial charge on any atom is 0.320 e. The van der Waals surface area contributed by atoms with E-state index in [2.05, 4.69) is 0 Å². The molecule has 1 aromatic rings. The molecule has 232 valence electrons. The van der Waals surface area contributed by atoms with Crippen LogP contribution in [0.25, 0.3) is 0 Å². The zero-order chi connectivity index (χ0) is 31.0. The first-order chi connectivity index (χ1) is 19.2. The average Bonchev–Trinajstić information content (AvgIpc) is 2.91. The van der Waals surface area contributed by atoms with E-state index in [4.69, 9.17) is 31.8 Å². The number of aliphatic carboxylic acids is 3. The molecule has 1 aliphatic rings. The summed E-state index contributed by atoms with van der Waals surface area (Å²) in [6, 6.07) is -3.89. The molecule has 41 heavy (non-hydrogen) atoms. The van der Waals surface area contributed by atoms with Gasteiger partial charge in [-0.05, 0) is 25.7 Å². The minimum atomic E-state index is -1.74. The SMILES string of the molecule is NC(CCc1c[n+](CC(CCC(N)C(=O)O)OC2OC(CO)C(O)C(O)C2O)cc(O)c1CC(N)C(=O)O)C(=O)O. The first kappa shape index (κ1) is 34.2. The topological polar surface area (TPSA) is 313 Å². The number of rotatable bonds is 16. The summed E-state index contributed by atoms with van der Waals surface area (Å²) < 4.78 is 12.6. The van der Waals surface area contributed by atoms with E-state index in [1.165, 1.54) is 17.0 Å². The highest BCUT2D eigenvalue weighted by Gasteiger charge is 2.45. The summed E-state index contributed by atoms with van der Waals surface area (Å²) in [6.45, 7) is -0.831. The zero-order valence-electron chi connectivity index (χ0n) is 22.1. The number of carboxylic acid groups (broad SMARTS) is 3. The minimum absolute atomic E-state index is 0.0195. The van der Waals surface area contributed by atoms with Crippen molar-refractivity contribution in [2.24, 2.45) is 17.2 Å². The Balaban J connectivity index is 2.39. The third kappa shape index (κ3) is 9.52. The predicted molar refractivity (Wildman–Crippen MR) is 135 cm³/mol. The first-order valence-electron chi connectivity index (χ1n) is 12.8. The van der Waals surface area contributed by atoms with Gasteiger partial charge in [-0.15, -0.1) is 0 Å². The lowest BCUT2D eigenvalue weighted by molar-refractivity contribution is -0.706. The normalized spacial score (nSPS) is 25.7. The first-order valence-corrected chi connectivity index (χ1v) is 12.8. The van der Waals surface area contributed by atoms with Gasteiger partial charge in [0.2, 0.25) is 6.20 Å². The lowest BCUT2D eigenvalue weighted by Crippen LogP contribution is -2.60. The molecule has 0 bridgehead atoms. The monoisotopic (exact) mass is 591 g/mol. The fraction of sp³-hybridized carbons (Fsp3) is 0.667. The van der Waals surface area contributed by atoms with Crippen LogP contribution in [0.15, 0.2) is 12.4 Å². The Morgan fingerprint density at radius 3 is 2.02 bits per heavy atom. The van der Waals surface area contributed by atoms with Crippen molar-refractivity contribution >= 4 is 17.9 Å². The van der Waals surface area contributed by atoms with Crippen molar-refractivity contribution < 1.29 is 69.3 Å². The number of aliphatic hydroxyl groups is 4. The molecule has 1 aliphatic heterocycles. The molecule has 17 nitrogen and oxygen atoms in total. The van der Waals surface area contributed by atoms with E-state index in [1.807, 2.05) is 0 Å². The van der Waals surface area contributed by atoms with Crippen molar-refractivity contribution in [1.29, 1.82) is 0 Å². The Bertz CT molecular complexity index is 1060. The standard InChI is InChI=1S/C24H38N4O13/c25-13(21(34)35)3-1-10-6-28(8-16(30)12(10)5-15(27)23(38)39)7-11(2-4-14(26)22(36)37)40-24-20(33)19(32)18(31)17(9-29)41-24/h6,8,11,13-15,17-20,24,29,31-33H,1-5,7,9,25-27H2,(H3-,30,34,35,36,37,38,39)/p+1. The summed E-state index contributed by atoms with van der Waals surface area (Å²) in [6.07, 6.45) is -6.64. The van der Waals surface area contributed by atoms with Crippen LogP contribution in [0.2, 0.25) is 0 Å². The smallest absolute Gasteiger partial charge is 0.320 e. The van der Waals surface area contributed by atoms with E-state index in [9.17, 15) is 50.1 Å². The molecule has 2 rings (SSSR count). The number of carbonyl (C=O) groups is 3. The number of nitrogens with zero attached hydrogens (tertiary/aromatic N) is 1. The quantitative estimate of drug-likeness (QED) is 0.0805. The van der Waals surface area contributed by atoms with Gasteiger partial charge in [0.05, 0.1) is 6.61 Å². The Hall–Kier alpha value is -3.00. The average molecular weight is 592 g/mol. The summed E-state index contributed by atoms with van der Waals surface area (Å²) in [5.74, 6) is -4.23. The van der Waals surface area contributed by atoms with Gasteiger partial charge in [-0.1, -0.05) is 0 Å². The van der Waals surface area contributed by atoms with E-state index >= 15 is 0 Å². The molecule has 0 spiro atoms. The zero-order valence-corrected chi connectivity index (χ0v) is 22.1. The molecule has 0 amide bonds. The number of hydrogen-bond donors (Lipinski definition) is 11. The third-order valence-electron chi connectivity index (χ3n) is 6.80. The van der Waals surface area contributed by atoms with Gasteiger partial charge >= 0.3 is 17.9 Å². The summed E-state index contributed by atoms with van der Waals surface area (Å²) in [5, 5.41) is 78.3. The van der Waals surface area contributed by atoms with Gasteiger partial charge in [-0.3, -0.25) is 14.4 Å². The highest BCUT2D eigenvalue weighted by Crippen LogP contribution is 2.25. The molecule has 1 saturated heterocycles. The Labute approximate surface area is 234 Å². The number of nitrogens with two attached hydrogens (primary N) is 3. The summed E-state index contributed by atoms with van der Waals surface area (Å²) in [7, 11) is 0. The van der Waals surface area contributed by atoms with Crippen molar-refractivity contribution in [2.45, 2.75) is 93.6 Å². The van der Waals surface area contributed by atoms with E-state index in [-0.39, 0.29) is 50.0 Å². The maximum atomic E-state index is 11.3. The van der Waals surface area contributed by atoms with Crippen LogP contribution >= 0.6 is 0 Å². The highest BCUT2D eigenvalue weighted by atomic mass is 16.7. The molecule has 0 saturated carbocycles. The molecule has 17 heteroatoms. The highest BCUT2D eigenvalue weighted by molar-refractivity contribution is 5.74. The minimum Gasteiger partial charge on any atom is -0.503 e. The molecule has 9 unspecified atom stereocenters. The summed E-state index contributed by atoms with van der Waals surface area (Å²) in [4.78, 5) is 33.8. The van der Waals surface area contributed by atoms with Crippen molar-refractivity contribution in [3.05, 3.63) is 23.5 Å². The molecule has 2 heterocycles. The van der Waals surface area contributed by atoms with Gasteiger partial charge in [0.15, 0.2) is 24.8 Å². The van der Waals surface area contributed by atoms with Crippen molar-refractivity contribution in [3.63, 3.8) is 0 Å². The van der Waals surface area contributed by atoms with Gasteiger partial charge < -0.3 is 67.5 Å². The third-order valence-corrected chi connectivity index (χ3v) is 6.80. The van der Waals surface area contributed by atoms with E-state index in [0.717, 1.165) is 0 Å². The van der Waals surface area contributed by atoms with Crippen molar-refractivity contribution in [1.82, 2.24) is 0 Å². The lowest BCUT2D eigenvalue weighted by Gasteiger charge is -2.40. The van der Waals surface area contributed by atoms with Crippen LogP contribution in [-0.4, -0.2) is 120 Å². The lowest BCUT2D eigenvalue weighted by atomic mass is 9.96. The van der Waals surface area contributed by atoms with Crippen LogP contribution < -0.4 is 21.8 Å². The number of pyridine rings is 1. The fourth-order valence-corrected chi connectivity index (χ4v) is 4.31. The number of aryl methyl sites for hydroxylation is 1. The second-order valence-corrected chi connectivity index (χ2v) is 9.95. The second-order valence-electron chi connectivity index (χ2n) is 9.95. The number of aromatic hydroxyl groups is 1. The molecular weight excluding hydrogens is 552 g/mol. The second kappa shape index (κ2) is 15.3. The van der Waals surface area contributed by atoms with E-state index < -0.39 is 79.5 Å².